The largest absolute Gasteiger partial charge is 0.457 e. The Morgan fingerprint density at radius 3 is 2.53 bits per heavy atom. The molecule has 1 fully saturated rings. The molecule has 0 spiro atoms. The third kappa shape index (κ3) is 4.34. The van der Waals surface area contributed by atoms with Gasteiger partial charge in [0.2, 0.25) is 0 Å². The molecule has 1 aliphatic rings. The summed E-state index contributed by atoms with van der Waals surface area (Å²) in [6.07, 6.45) is -2.80. The van der Waals surface area contributed by atoms with Gasteiger partial charge in [0.1, 0.15) is 16.5 Å². The van der Waals surface area contributed by atoms with Crippen molar-refractivity contribution < 1.29 is 22.4 Å². The smallest absolute Gasteiger partial charge is 0.416 e. The highest BCUT2D eigenvalue weighted by Gasteiger charge is 2.32. The van der Waals surface area contributed by atoms with Gasteiger partial charge >= 0.3 is 6.18 Å². The fraction of sp³-hybridized carbons (Fsp3) is 0.0909. The molecule has 3 aromatic rings. The lowest BCUT2D eigenvalue weighted by atomic mass is 10.1. The van der Waals surface area contributed by atoms with Crippen LogP contribution in [0.3, 0.4) is 0 Å². The monoisotopic (exact) mass is 445 g/mol. The van der Waals surface area contributed by atoms with Gasteiger partial charge in [-0.2, -0.15) is 13.2 Å². The summed E-state index contributed by atoms with van der Waals surface area (Å²) in [5, 5.41) is -0.181. The number of thiocarbonyl (C=S) groups is 1. The second-order valence-corrected chi connectivity index (χ2v) is 7.91. The van der Waals surface area contributed by atoms with Crippen LogP contribution in [0, 0.1) is 0 Å². The van der Waals surface area contributed by atoms with Gasteiger partial charge in [-0.05, 0) is 47.7 Å². The first-order valence-corrected chi connectivity index (χ1v) is 10.1. The zero-order valence-electron chi connectivity index (χ0n) is 15.3. The minimum absolute atomic E-state index is 0.181. The molecule has 0 bridgehead atoms. The molecule has 0 aliphatic carbocycles. The molecule has 3 nitrogen and oxygen atoms in total. The van der Waals surface area contributed by atoms with E-state index in [2.05, 4.69) is 0 Å². The molecule has 30 heavy (non-hydrogen) atoms. The molecule has 0 radical (unpaired) electrons. The number of carbonyl (C=O) groups is 1. The van der Waals surface area contributed by atoms with Gasteiger partial charge in [-0.3, -0.25) is 9.69 Å². The number of hydrogen-bond acceptors (Lipinski definition) is 4. The Labute approximate surface area is 180 Å². The molecule has 0 saturated carbocycles. The number of halogens is 3. The SMILES string of the molecule is O=C1S/C(=C\c2ccc(-c3cccc(C(F)(F)F)c3)o2)C(=S)N1Cc1ccccc1. The van der Waals surface area contributed by atoms with Crippen molar-refractivity contribution in [2.75, 3.05) is 0 Å². The zero-order chi connectivity index (χ0) is 21.3. The summed E-state index contributed by atoms with van der Waals surface area (Å²) in [6, 6.07) is 17.7. The van der Waals surface area contributed by atoms with Gasteiger partial charge in [0.05, 0.1) is 17.0 Å². The van der Waals surface area contributed by atoms with Crippen LogP contribution in [-0.4, -0.2) is 15.1 Å². The fourth-order valence-electron chi connectivity index (χ4n) is 2.97. The van der Waals surface area contributed by atoms with Crippen molar-refractivity contribution in [3.63, 3.8) is 0 Å². The van der Waals surface area contributed by atoms with E-state index in [-0.39, 0.29) is 5.24 Å². The van der Waals surface area contributed by atoms with Crippen LogP contribution in [0.25, 0.3) is 17.4 Å². The first-order valence-electron chi connectivity index (χ1n) is 8.88. The molecule has 1 saturated heterocycles. The summed E-state index contributed by atoms with van der Waals surface area (Å²) in [5.74, 6) is 0.705. The maximum atomic E-state index is 12.9. The van der Waals surface area contributed by atoms with E-state index in [1.165, 1.54) is 11.0 Å². The highest BCUT2D eigenvalue weighted by molar-refractivity contribution is 8.19. The molecular formula is C22H14F3NO2S2. The summed E-state index contributed by atoms with van der Waals surface area (Å²) < 4.78 is 44.5. The number of thioether (sulfide) groups is 1. The summed E-state index contributed by atoms with van der Waals surface area (Å²) >= 11 is 6.45. The Morgan fingerprint density at radius 1 is 1.03 bits per heavy atom. The average Bonchev–Trinajstić information content (AvgIpc) is 3.29. The number of carbonyl (C=O) groups excluding carboxylic acids is 1. The van der Waals surface area contributed by atoms with E-state index < -0.39 is 11.7 Å². The van der Waals surface area contributed by atoms with Gasteiger partial charge in [-0.25, -0.2) is 0 Å². The normalized spacial score (nSPS) is 16.0. The van der Waals surface area contributed by atoms with Crippen molar-refractivity contribution in [1.82, 2.24) is 4.90 Å². The topological polar surface area (TPSA) is 33.5 Å². The summed E-state index contributed by atoms with van der Waals surface area (Å²) in [7, 11) is 0. The van der Waals surface area contributed by atoms with Crippen molar-refractivity contribution in [3.05, 3.63) is 88.5 Å². The van der Waals surface area contributed by atoms with Gasteiger partial charge in [-0.1, -0.05) is 54.7 Å². The van der Waals surface area contributed by atoms with Crippen molar-refractivity contribution in [3.8, 4) is 11.3 Å². The summed E-state index contributed by atoms with van der Waals surface area (Å²) in [6.45, 7) is 0.372. The average molecular weight is 445 g/mol. The van der Waals surface area contributed by atoms with Gasteiger partial charge in [-0.15, -0.1) is 0 Å². The molecule has 0 N–H and O–H groups in total. The molecule has 0 atom stereocenters. The van der Waals surface area contributed by atoms with Gasteiger partial charge in [0, 0.05) is 5.56 Å². The molecular weight excluding hydrogens is 431 g/mol. The van der Waals surface area contributed by atoms with Crippen LogP contribution in [0.2, 0.25) is 0 Å². The molecule has 2 heterocycles. The summed E-state index contributed by atoms with van der Waals surface area (Å²) in [4.78, 5) is 14.8. The quantitative estimate of drug-likeness (QED) is 0.320. The molecule has 4 rings (SSSR count). The van der Waals surface area contributed by atoms with Gasteiger partial charge in [0.25, 0.3) is 5.24 Å². The zero-order valence-corrected chi connectivity index (χ0v) is 17.0. The number of rotatable bonds is 4. The van der Waals surface area contributed by atoms with Gasteiger partial charge in [0.15, 0.2) is 0 Å². The molecule has 1 aromatic heterocycles. The number of benzene rings is 2. The highest BCUT2D eigenvalue weighted by Crippen LogP contribution is 2.36. The second-order valence-electron chi connectivity index (χ2n) is 6.53. The van der Waals surface area contributed by atoms with Crippen LogP contribution < -0.4 is 0 Å². The summed E-state index contributed by atoms with van der Waals surface area (Å²) in [5.41, 5.74) is 0.531. The van der Waals surface area contributed by atoms with E-state index in [9.17, 15) is 18.0 Å². The molecule has 8 heteroatoms. The lowest BCUT2D eigenvalue weighted by molar-refractivity contribution is -0.137. The number of nitrogens with zero attached hydrogens (tertiary/aromatic N) is 1. The number of hydrogen-bond donors (Lipinski definition) is 0. The maximum Gasteiger partial charge on any atom is 0.416 e. The predicted octanol–water partition coefficient (Wildman–Crippen LogP) is 7.00. The van der Waals surface area contributed by atoms with E-state index in [0.717, 1.165) is 29.5 Å². The Balaban J connectivity index is 1.55. The van der Waals surface area contributed by atoms with Crippen molar-refractivity contribution in [2.24, 2.45) is 0 Å². The molecule has 2 aromatic carbocycles. The molecule has 1 aliphatic heterocycles. The van der Waals surface area contributed by atoms with Crippen LogP contribution >= 0.6 is 24.0 Å². The third-order valence-corrected chi connectivity index (χ3v) is 5.93. The Hall–Kier alpha value is -2.84. The standard InChI is InChI=1S/C22H14F3NO2S2/c23-22(24,25)16-8-4-7-15(11-16)18-10-9-17(28-18)12-19-20(29)26(21(27)30-19)13-14-5-2-1-3-6-14/h1-12H,13H2/b19-12-. The maximum absolute atomic E-state index is 12.9. The molecule has 0 unspecified atom stereocenters. The van der Waals surface area contributed by atoms with Crippen LogP contribution in [0.4, 0.5) is 18.0 Å². The van der Waals surface area contributed by atoms with Crippen molar-refractivity contribution >= 4 is 40.3 Å². The van der Waals surface area contributed by atoms with Crippen molar-refractivity contribution in [2.45, 2.75) is 12.7 Å². The Morgan fingerprint density at radius 2 is 1.80 bits per heavy atom. The van der Waals surface area contributed by atoms with Crippen LogP contribution in [0.1, 0.15) is 16.9 Å². The third-order valence-electron chi connectivity index (χ3n) is 4.43. The van der Waals surface area contributed by atoms with E-state index in [0.29, 0.717) is 33.5 Å². The highest BCUT2D eigenvalue weighted by atomic mass is 32.2. The first-order chi connectivity index (χ1) is 14.3. The fourth-order valence-corrected chi connectivity index (χ4v) is 4.18. The van der Waals surface area contributed by atoms with E-state index >= 15 is 0 Å². The minimum Gasteiger partial charge on any atom is -0.457 e. The van der Waals surface area contributed by atoms with Gasteiger partial charge < -0.3 is 4.42 Å². The number of alkyl halides is 3. The van der Waals surface area contributed by atoms with E-state index in [1.807, 2.05) is 30.3 Å². The predicted molar refractivity (Wildman–Crippen MR) is 115 cm³/mol. The first kappa shape index (κ1) is 20.4. The second kappa shape index (κ2) is 8.12. The Bertz CT molecular complexity index is 1140. The van der Waals surface area contributed by atoms with Crippen molar-refractivity contribution in [1.29, 1.82) is 0 Å². The number of amides is 1. The lowest BCUT2D eigenvalue weighted by Gasteiger charge is -2.14. The molecule has 1 amide bonds. The van der Waals surface area contributed by atoms with Crippen LogP contribution in [-0.2, 0) is 12.7 Å². The van der Waals surface area contributed by atoms with E-state index in [4.69, 9.17) is 16.6 Å². The Kier molecular flexibility index (Phi) is 5.53. The minimum atomic E-state index is -4.43. The molecule has 152 valence electrons. The van der Waals surface area contributed by atoms with E-state index in [1.54, 1.807) is 24.3 Å². The lowest BCUT2D eigenvalue weighted by Crippen LogP contribution is -2.26. The number of furan rings is 1. The van der Waals surface area contributed by atoms with Crippen LogP contribution in [0.15, 0.2) is 76.1 Å². The van der Waals surface area contributed by atoms with Crippen LogP contribution in [0.5, 0.6) is 0 Å².